The highest BCUT2D eigenvalue weighted by Crippen LogP contribution is 2.27. The molecule has 0 heterocycles. The molecule has 0 aromatic carbocycles. The molecule has 86 valence electrons. The zero-order valence-corrected chi connectivity index (χ0v) is 8.66. The predicted molar refractivity (Wildman–Crippen MR) is 53.3 cm³/mol. The van der Waals surface area contributed by atoms with E-state index in [0.717, 1.165) is 19.3 Å². The van der Waals surface area contributed by atoms with Crippen LogP contribution in [0.15, 0.2) is 0 Å². The number of hydrogen-bond acceptors (Lipinski definition) is 3. The van der Waals surface area contributed by atoms with Crippen molar-refractivity contribution in [3.8, 4) is 0 Å². The Hall–Kier alpha value is -1.10. The molecule has 3 N–H and O–H groups in total. The first kappa shape index (κ1) is 12.0. The zero-order chi connectivity index (χ0) is 11.3. The lowest BCUT2D eigenvalue weighted by molar-refractivity contribution is -0.141. The molecule has 0 atom stereocenters. The molecule has 5 nitrogen and oxygen atoms in total. The van der Waals surface area contributed by atoms with Gasteiger partial charge in [-0.2, -0.15) is 0 Å². The minimum atomic E-state index is -1.15. The van der Waals surface area contributed by atoms with Crippen LogP contribution in [0.2, 0.25) is 0 Å². The van der Waals surface area contributed by atoms with Gasteiger partial charge in [-0.25, -0.2) is 0 Å². The van der Waals surface area contributed by atoms with Gasteiger partial charge in [0, 0.05) is 6.54 Å². The van der Waals surface area contributed by atoms with Crippen LogP contribution in [0.1, 0.15) is 38.5 Å². The van der Waals surface area contributed by atoms with Gasteiger partial charge in [0.2, 0.25) is 5.91 Å². The van der Waals surface area contributed by atoms with Crippen LogP contribution in [-0.2, 0) is 9.59 Å². The fraction of sp³-hybridized carbons (Fsp3) is 0.800. The lowest BCUT2D eigenvalue weighted by Gasteiger charge is -2.32. The molecule has 1 rings (SSSR count). The summed E-state index contributed by atoms with van der Waals surface area (Å²) in [6.07, 6.45) is 3.87. The van der Waals surface area contributed by atoms with Gasteiger partial charge < -0.3 is 15.5 Å². The summed E-state index contributed by atoms with van der Waals surface area (Å²) in [7, 11) is 0. The second kappa shape index (κ2) is 5.11. The molecule has 0 aliphatic heterocycles. The first-order valence-electron chi connectivity index (χ1n) is 5.23. The van der Waals surface area contributed by atoms with Crippen LogP contribution in [0, 0.1) is 0 Å². The number of carbonyl (C=O) groups is 2. The summed E-state index contributed by atoms with van der Waals surface area (Å²) in [6.45, 7) is 0.166. The average Bonchev–Trinajstić information content (AvgIpc) is 2.15. The first-order valence-corrected chi connectivity index (χ1v) is 5.23. The van der Waals surface area contributed by atoms with Crippen LogP contribution in [-0.4, -0.2) is 34.2 Å². The molecular weight excluding hydrogens is 198 g/mol. The highest BCUT2D eigenvalue weighted by atomic mass is 16.4. The summed E-state index contributed by atoms with van der Waals surface area (Å²) in [6, 6.07) is 0. The Bertz CT molecular complexity index is 246. The van der Waals surface area contributed by atoms with E-state index in [1.54, 1.807) is 0 Å². The predicted octanol–water partition coefficient (Wildman–Crippen LogP) is 0.272. The normalized spacial score (nSPS) is 19.5. The summed E-state index contributed by atoms with van der Waals surface area (Å²) < 4.78 is 0. The summed E-state index contributed by atoms with van der Waals surface area (Å²) in [4.78, 5) is 21.3. The second-order valence-electron chi connectivity index (χ2n) is 4.13. The fourth-order valence-corrected chi connectivity index (χ4v) is 1.85. The molecule has 0 unspecified atom stereocenters. The molecule has 5 heteroatoms. The van der Waals surface area contributed by atoms with E-state index in [9.17, 15) is 14.7 Å². The van der Waals surface area contributed by atoms with Crippen molar-refractivity contribution in [3.63, 3.8) is 0 Å². The van der Waals surface area contributed by atoms with Crippen LogP contribution in [0.3, 0.4) is 0 Å². The quantitative estimate of drug-likeness (QED) is 0.587. The Morgan fingerprint density at radius 2 is 1.80 bits per heavy atom. The van der Waals surface area contributed by atoms with E-state index in [-0.39, 0.29) is 6.54 Å². The highest BCUT2D eigenvalue weighted by Gasteiger charge is 2.29. The van der Waals surface area contributed by atoms with Gasteiger partial charge in [0.25, 0.3) is 0 Å². The monoisotopic (exact) mass is 215 g/mol. The van der Waals surface area contributed by atoms with Crippen molar-refractivity contribution < 1.29 is 19.8 Å². The number of rotatable bonds is 4. The number of amides is 1. The fourth-order valence-electron chi connectivity index (χ4n) is 1.85. The van der Waals surface area contributed by atoms with E-state index < -0.39 is 23.9 Å². The third kappa shape index (κ3) is 4.29. The van der Waals surface area contributed by atoms with Crippen molar-refractivity contribution in [2.75, 3.05) is 6.54 Å². The number of carboxylic acids is 1. The molecule has 15 heavy (non-hydrogen) atoms. The van der Waals surface area contributed by atoms with E-state index in [4.69, 9.17) is 5.11 Å². The van der Waals surface area contributed by atoms with E-state index in [1.807, 2.05) is 0 Å². The van der Waals surface area contributed by atoms with Gasteiger partial charge in [0.15, 0.2) is 0 Å². The van der Waals surface area contributed by atoms with E-state index in [2.05, 4.69) is 5.32 Å². The smallest absolute Gasteiger partial charge is 0.312 e. The number of hydrogen-bond donors (Lipinski definition) is 3. The summed E-state index contributed by atoms with van der Waals surface area (Å²) >= 11 is 0. The van der Waals surface area contributed by atoms with Gasteiger partial charge in [-0.05, 0) is 12.8 Å². The van der Waals surface area contributed by atoms with Gasteiger partial charge in [0.05, 0.1) is 5.60 Å². The molecule has 0 saturated heterocycles. The molecular formula is C10H17NO4. The zero-order valence-electron chi connectivity index (χ0n) is 8.66. The van der Waals surface area contributed by atoms with Gasteiger partial charge in [-0.15, -0.1) is 0 Å². The van der Waals surface area contributed by atoms with Crippen molar-refractivity contribution >= 4 is 11.9 Å². The van der Waals surface area contributed by atoms with Crippen LogP contribution in [0.5, 0.6) is 0 Å². The SMILES string of the molecule is O=C(O)CC(=O)NCC1(O)CCCCC1. The molecule has 0 radical (unpaired) electrons. The van der Waals surface area contributed by atoms with Crippen molar-refractivity contribution in [2.45, 2.75) is 44.1 Å². The first-order chi connectivity index (χ1) is 7.02. The lowest BCUT2D eigenvalue weighted by atomic mass is 9.85. The van der Waals surface area contributed by atoms with Crippen molar-refractivity contribution in [1.82, 2.24) is 5.32 Å². The third-order valence-corrected chi connectivity index (χ3v) is 2.71. The minimum Gasteiger partial charge on any atom is -0.481 e. The maximum absolute atomic E-state index is 11.0. The molecule has 1 fully saturated rings. The van der Waals surface area contributed by atoms with E-state index in [1.165, 1.54) is 0 Å². The number of aliphatic hydroxyl groups is 1. The largest absolute Gasteiger partial charge is 0.481 e. The minimum absolute atomic E-state index is 0.166. The number of aliphatic carboxylic acids is 1. The molecule has 1 saturated carbocycles. The van der Waals surface area contributed by atoms with E-state index in [0.29, 0.717) is 12.8 Å². The van der Waals surface area contributed by atoms with Crippen LogP contribution in [0.25, 0.3) is 0 Å². The molecule has 1 amide bonds. The highest BCUT2D eigenvalue weighted by molar-refractivity contribution is 5.93. The van der Waals surface area contributed by atoms with Gasteiger partial charge in [-0.3, -0.25) is 9.59 Å². The van der Waals surface area contributed by atoms with Crippen LogP contribution < -0.4 is 5.32 Å². The third-order valence-electron chi connectivity index (χ3n) is 2.71. The molecule has 1 aliphatic carbocycles. The number of carboxylic acid groups (broad SMARTS) is 1. The molecule has 0 aromatic heterocycles. The average molecular weight is 215 g/mol. The van der Waals surface area contributed by atoms with Crippen molar-refractivity contribution in [1.29, 1.82) is 0 Å². The Kier molecular flexibility index (Phi) is 4.08. The Morgan fingerprint density at radius 3 is 2.33 bits per heavy atom. The molecule has 0 bridgehead atoms. The number of nitrogens with one attached hydrogen (secondary N) is 1. The summed E-state index contributed by atoms with van der Waals surface area (Å²) in [5.74, 6) is -1.69. The molecule has 0 spiro atoms. The summed E-state index contributed by atoms with van der Waals surface area (Å²) in [5.41, 5.74) is -0.827. The standard InChI is InChI=1S/C10H17NO4/c12-8(6-9(13)14)11-7-10(15)4-2-1-3-5-10/h15H,1-7H2,(H,11,12)(H,13,14). The van der Waals surface area contributed by atoms with E-state index >= 15 is 0 Å². The summed E-state index contributed by atoms with van der Waals surface area (Å²) in [5, 5.41) is 20.8. The lowest BCUT2D eigenvalue weighted by Crippen LogP contribution is -2.44. The molecule has 0 aromatic rings. The van der Waals surface area contributed by atoms with Gasteiger partial charge >= 0.3 is 5.97 Å². The Labute approximate surface area is 88.5 Å². The van der Waals surface area contributed by atoms with Crippen LogP contribution in [0.4, 0.5) is 0 Å². The Morgan fingerprint density at radius 1 is 1.20 bits per heavy atom. The topological polar surface area (TPSA) is 86.6 Å². The second-order valence-corrected chi connectivity index (χ2v) is 4.13. The molecule has 1 aliphatic rings. The van der Waals surface area contributed by atoms with Gasteiger partial charge in [0.1, 0.15) is 6.42 Å². The van der Waals surface area contributed by atoms with Crippen molar-refractivity contribution in [2.24, 2.45) is 0 Å². The Balaban J connectivity index is 2.28. The van der Waals surface area contributed by atoms with Crippen molar-refractivity contribution in [3.05, 3.63) is 0 Å². The van der Waals surface area contributed by atoms with Gasteiger partial charge in [-0.1, -0.05) is 19.3 Å². The maximum atomic E-state index is 11.0. The van der Waals surface area contributed by atoms with Crippen LogP contribution >= 0.6 is 0 Å². The maximum Gasteiger partial charge on any atom is 0.312 e. The number of carbonyl (C=O) groups excluding carboxylic acids is 1.